The van der Waals surface area contributed by atoms with Gasteiger partial charge in [-0.05, 0) is 37.5 Å². The van der Waals surface area contributed by atoms with E-state index in [1.54, 1.807) is 12.1 Å². The minimum absolute atomic E-state index is 0. The van der Waals surface area contributed by atoms with Crippen molar-refractivity contribution >= 4 is 35.9 Å². The van der Waals surface area contributed by atoms with E-state index < -0.39 is 5.97 Å². The average molecular weight is 475 g/mol. The Bertz CT molecular complexity index is 606. The van der Waals surface area contributed by atoms with Gasteiger partial charge in [0.2, 0.25) is 0 Å². The molecule has 0 spiro atoms. The Morgan fingerprint density at radius 2 is 2.12 bits per heavy atom. The number of halogens is 1. The van der Waals surface area contributed by atoms with E-state index in [1.165, 1.54) is 14.2 Å². The van der Waals surface area contributed by atoms with E-state index in [-0.39, 0.29) is 24.0 Å². The second kappa shape index (κ2) is 13.4. The average Bonchev–Trinajstić information content (AvgIpc) is 2.64. The molecule has 0 bridgehead atoms. The number of nitrogens with zero attached hydrogens (tertiary/aromatic N) is 2. The molecule has 0 unspecified atom stereocenters. The Hall–Kier alpha value is -1.77. The summed E-state index contributed by atoms with van der Waals surface area (Å²) in [5.41, 5.74) is 1.32. The molecule has 7 heteroatoms. The lowest BCUT2D eigenvalue weighted by Gasteiger charge is -2.21. The molecule has 6 nitrogen and oxygen atoms in total. The fraction of sp³-hybridized carbons (Fsp3) is 0.474. The molecule has 1 N–H and O–H groups in total. The van der Waals surface area contributed by atoms with Gasteiger partial charge < -0.3 is 19.7 Å². The van der Waals surface area contributed by atoms with Gasteiger partial charge in [0, 0.05) is 20.1 Å². The topological polar surface area (TPSA) is 63.2 Å². The van der Waals surface area contributed by atoms with Gasteiger partial charge in [0.15, 0.2) is 5.96 Å². The van der Waals surface area contributed by atoms with Crippen molar-refractivity contribution in [3.63, 3.8) is 0 Å². The Morgan fingerprint density at radius 1 is 1.38 bits per heavy atom. The van der Waals surface area contributed by atoms with Crippen LogP contribution in [0.15, 0.2) is 35.8 Å². The molecule has 1 aromatic rings. The second-order valence-corrected chi connectivity index (χ2v) is 5.55. The molecule has 0 fully saturated rings. The number of methoxy groups -OCH3 is 2. The third-order valence-electron chi connectivity index (χ3n) is 3.68. The molecule has 0 heterocycles. The summed E-state index contributed by atoms with van der Waals surface area (Å²) < 4.78 is 10.0. The monoisotopic (exact) mass is 475 g/mol. The third kappa shape index (κ3) is 7.63. The molecule has 146 valence electrons. The zero-order valence-corrected chi connectivity index (χ0v) is 18.4. The van der Waals surface area contributed by atoms with Crippen LogP contribution >= 0.6 is 24.0 Å². The summed E-state index contributed by atoms with van der Waals surface area (Å²) in [4.78, 5) is 18.6. The van der Waals surface area contributed by atoms with Crippen LogP contribution in [0.4, 0.5) is 0 Å². The number of aliphatic imine (C=N–C) groups is 1. The standard InChI is InChI=1S/C19H29N3O3.HI/c1-6-8-9-12-22(3)19(20-7-2)21-14-15-10-11-17(24-4)16(13-15)18(23)25-5;/h6,10-11,13H,1,7-9,12,14H2,2-5H3,(H,20,21);1H. The number of rotatable bonds is 9. The van der Waals surface area contributed by atoms with Gasteiger partial charge in [-0.15, -0.1) is 30.6 Å². The predicted octanol–water partition coefficient (Wildman–Crippen LogP) is 3.46. The molecular formula is C19H30IN3O3. The summed E-state index contributed by atoms with van der Waals surface area (Å²) in [6.07, 6.45) is 3.92. The maximum Gasteiger partial charge on any atom is 0.341 e. The first-order chi connectivity index (χ1) is 12.1. The lowest BCUT2D eigenvalue weighted by Crippen LogP contribution is -2.39. The number of carbonyl (C=O) groups excluding carboxylic acids is 1. The van der Waals surface area contributed by atoms with Gasteiger partial charge in [0.05, 0.1) is 20.8 Å². The van der Waals surface area contributed by atoms with Gasteiger partial charge in [-0.3, -0.25) is 0 Å². The van der Waals surface area contributed by atoms with Crippen molar-refractivity contribution in [3.05, 3.63) is 42.0 Å². The summed E-state index contributed by atoms with van der Waals surface area (Å²) >= 11 is 0. The quantitative estimate of drug-likeness (QED) is 0.148. The fourth-order valence-electron chi connectivity index (χ4n) is 2.34. The van der Waals surface area contributed by atoms with Crippen LogP contribution in [-0.2, 0) is 11.3 Å². The molecule has 0 saturated heterocycles. The first-order valence-electron chi connectivity index (χ1n) is 8.42. The highest BCUT2D eigenvalue weighted by Crippen LogP contribution is 2.21. The van der Waals surface area contributed by atoms with E-state index in [1.807, 2.05) is 26.1 Å². The molecule has 0 radical (unpaired) electrons. The second-order valence-electron chi connectivity index (χ2n) is 5.55. The Labute approximate surface area is 173 Å². The molecular weight excluding hydrogens is 445 g/mol. The Balaban J connectivity index is 0.00000625. The van der Waals surface area contributed by atoms with Crippen molar-refractivity contribution < 1.29 is 14.3 Å². The van der Waals surface area contributed by atoms with Crippen molar-refractivity contribution in [1.29, 1.82) is 0 Å². The SMILES string of the molecule is C=CCCCN(C)C(=NCc1ccc(OC)c(C(=O)OC)c1)NCC.I. The lowest BCUT2D eigenvalue weighted by atomic mass is 10.1. The number of hydrogen-bond acceptors (Lipinski definition) is 4. The Kier molecular flexibility index (Phi) is 12.5. The fourth-order valence-corrected chi connectivity index (χ4v) is 2.34. The predicted molar refractivity (Wildman–Crippen MR) is 117 cm³/mol. The highest BCUT2D eigenvalue weighted by atomic mass is 127. The summed E-state index contributed by atoms with van der Waals surface area (Å²) in [7, 11) is 4.90. The molecule has 0 atom stereocenters. The van der Waals surface area contributed by atoms with Crippen molar-refractivity contribution in [2.45, 2.75) is 26.3 Å². The number of ether oxygens (including phenoxy) is 2. The van der Waals surface area contributed by atoms with E-state index in [2.05, 4.69) is 21.8 Å². The number of carbonyl (C=O) groups is 1. The first-order valence-corrected chi connectivity index (χ1v) is 8.42. The molecule has 0 aliphatic heterocycles. The molecule has 1 rings (SSSR count). The van der Waals surface area contributed by atoms with Gasteiger partial charge in [-0.25, -0.2) is 9.79 Å². The summed E-state index contributed by atoms with van der Waals surface area (Å²) in [6.45, 7) is 7.93. The summed E-state index contributed by atoms with van der Waals surface area (Å²) in [5.74, 6) is 0.908. The number of hydrogen-bond donors (Lipinski definition) is 1. The highest BCUT2D eigenvalue weighted by molar-refractivity contribution is 14.0. The lowest BCUT2D eigenvalue weighted by molar-refractivity contribution is 0.0597. The number of guanidine groups is 1. The van der Waals surface area contributed by atoms with Crippen LogP contribution in [0.1, 0.15) is 35.7 Å². The smallest absolute Gasteiger partial charge is 0.341 e. The number of benzene rings is 1. The number of unbranched alkanes of at least 4 members (excludes halogenated alkanes) is 1. The van der Waals surface area contributed by atoms with Crippen LogP contribution in [0.3, 0.4) is 0 Å². The largest absolute Gasteiger partial charge is 0.496 e. The molecule has 26 heavy (non-hydrogen) atoms. The Morgan fingerprint density at radius 3 is 2.69 bits per heavy atom. The van der Waals surface area contributed by atoms with E-state index in [4.69, 9.17) is 9.47 Å². The normalized spacial score (nSPS) is 10.5. The zero-order chi connectivity index (χ0) is 18.7. The first kappa shape index (κ1) is 24.2. The van der Waals surface area contributed by atoms with Gasteiger partial charge in [-0.1, -0.05) is 12.1 Å². The van der Waals surface area contributed by atoms with E-state index in [9.17, 15) is 4.79 Å². The molecule has 0 aliphatic carbocycles. The third-order valence-corrected chi connectivity index (χ3v) is 3.68. The van der Waals surface area contributed by atoms with E-state index in [0.29, 0.717) is 17.9 Å². The summed E-state index contributed by atoms with van der Waals surface area (Å²) in [5, 5.41) is 3.28. The van der Waals surface area contributed by atoms with Crippen LogP contribution < -0.4 is 10.1 Å². The van der Waals surface area contributed by atoms with Gasteiger partial charge in [-0.2, -0.15) is 0 Å². The van der Waals surface area contributed by atoms with Crippen molar-refractivity contribution in [2.75, 3.05) is 34.4 Å². The maximum atomic E-state index is 11.9. The molecule has 1 aromatic carbocycles. The molecule has 0 aromatic heterocycles. The van der Waals surface area contributed by atoms with Crippen LogP contribution in [0, 0.1) is 0 Å². The minimum Gasteiger partial charge on any atom is -0.496 e. The summed E-state index contributed by atoms with van der Waals surface area (Å²) in [6, 6.07) is 5.42. The number of nitrogens with one attached hydrogen (secondary N) is 1. The van der Waals surface area contributed by atoms with Crippen LogP contribution in [0.2, 0.25) is 0 Å². The maximum absolute atomic E-state index is 11.9. The van der Waals surface area contributed by atoms with Crippen LogP contribution in [-0.4, -0.2) is 51.2 Å². The van der Waals surface area contributed by atoms with Gasteiger partial charge in [0.1, 0.15) is 11.3 Å². The van der Waals surface area contributed by atoms with Gasteiger partial charge in [0.25, 0.3) is 0 Å². The zero-order valence-electron chi connectivity index (χ0n) is 16.1. The van der Waals surface area contributed by atoms with E-state index >= 15 is 0 Å². The molecule has 0 saturated carbocycles. The van der Waals surface area contributed by atoms with Crippen molar-refractivity contribution in [1.82, 2.24) is 10.2 Å². The van der Waals surface area contributed by atoms with Crippen molar-refractivity contribution in [2.24, 2.45) is 4.99 Å². The number of allylic oxidation sites excluding steroid dienone is 1. The minimum atomic E-state index is -0.420. The highest BCUT2D eigenvalue weighted by Gasteiger charge is 2.13. The molecule has 0 amide bonds. The van der Waals surface area contributed by atoms with Crippen LogP contribution in [0.5, 0.6) is 5.75 Å². The van der Waals surface area contributed by atoms with Gasteiger partial charge >= 0.3 is 5.97 Å². The van der Waals surface area contributed by atoms with Crippen LogP contribution in [0.25, 0.3) is 0 Å². The van der Waals surface area contributed by atoms with Crippen molar-refractivity contribution in [3.8, 4) is 5.75 Å². The molecule has 0 aliphatic rings. The number of esters is 1. The van der Waals surface area contributed by atoms with E-state index in [0.717, 1.165) is 37.5 Å².